The second kappa shape index (κ2) is 6.80. The van der Waals surface area contributed by atoms with Crippen LogP contribution in [-0.2, 0) is 27.2 Å². The molecule has 1 aromatic heterocycles. The molecule has 116 valence electrons. The van der Waals surface area contributed by atoms with Gasteiger partial charge in [-0.3, -0.25) is 4.79 Å². The van der Waals surface area contributed by atoms with Crippen molar-refractivity contribution in [3.63, 3.8) is 0 Å². The van der Waals surface area contributed by atoms with Crippen LogP contribution in [-0.4, -0.2) is 47.3 Å². The number of alkyl halides is 1. The largest absolute Gasteiger partial charge is 0.464 e. The molecular weight excluding hydrogens is 279 g/mol. The fraction of sp³-hybridized carbons (Fsp3) is 0.643. The van der Waals surface area contributed by atoms with Gasteiger partial charge < -0.3 is 14.0 Å². The Hall–Kier alpha value is -1.76. The summed E-state index contributed by atoms with van der Waals surface area (Å²) in [5.74, 6) is -0.661. The smallest absolute Gasteiger partial charge is 0.341 e. The molecule has 0 aliphatic carbocycles. The second-order valence-corrected chi connectivity index (χ2v) is 4.94. The summed E-state index contributed by atoms with van der Waals surface area (Å²) in [4.78, 5) is 26.6. The van der Waals surface area contributed by atoms with Gasteiger partial charge in [0, 0.05) is 18.7 Å². The van der Waals surface area contributed by atoms with E-state index in [4.69, 9.17) is 4.74 Å². The molecule has 1 fully saturated rings. The minimum absolute atomic E-state index is 0.0108. The molecule has 0 N–H and O–H groups in total. The molecule has 1 saturated heterocycles. The van der Waals surface area contributed by atoms with E-state index in [9.17, 15) is 14.0 Å². The number of rotatable bonds is 7. The van der Waals surface area contributed by atoms with E-state index in [0.29, 0.717) is 30.8 Å². The third-order valence-corrected chi connectivity index (χ3v) is 3.50. The van der Waals surface area contributed by atoms with Crippen molar-refractivity contribution in [2.75, 3.05) is 13.2 Å². The van der Waals surface area contributed by atoms with Gasteiger partial charge in [0.25, 0.3) is 0 Å². The summed E-state index contributed by atoms with van der Waals surface area (Å²) in [5.41, 5.74) is 1.08. The maximum Gasteiger partial charge on any atom is 0.341 e. The SMILES string of the molecule is CCOC(=O)C(F)Cc1c(C)nc(C=O)n1CC1CCO1. The maximum absolute atomic E-state index is 13.9. The first-order valence-corrected chi connectivity index (χ1v) is 7.00. The third kappa shape index (κ3) is 3.47. The lowest BCUT2D eigenvalue weighted by molar-refractivity contribution is -0.149. The van der Waals surface area contributed by atoms with Crippen LogP contribution in [0.1, 0.15) is 35.4 Å². The van der Waals surface area contributed by atoms with Crippen LogP contribution in [0.5, 0.6) is 0 Å². The van der Waals surface area contributed by atoms with Gasteiger partial charge in [-0.2, -0.15) is 0 Å². The molecule has 2 atom stereocenters. The Labute approximate surface area is 122 Å². The van der Waals surface area contributed by atoms with Gasteiger partial charge in [0.15, 0.2) is 12.1 Å². The number of hydrogen-bond donors (Lipinski definition) is 0. The average Bonchev–Trinajstić information content (AvgIpc) is 2.70. The molecule has 7 heteroatoms. The minimum Gasteiger partial charge on any atom is -0.464 e. The number of halogens is 1. The van der Waals surface area contributed by atoms with E-state index < -0.39 is 12.1 Å². The maximum atomic E-state index is 13.9. The zero-order chi connectivity index (χ0) is 15.4. The van der Waals surface area contributed by atoms with Crippen molar-refractivity contribution in [2.24, 2.45) is 0 Å². The minimum atomic E-state index is -1.76. The molecule has 2 heterocycles. The number of aldehydes is 1. The topological polar surface area (TPSA) is 70.4 Å². The highest BCUT2D eigenvalue weighted by Crippen LogP contribution is 2.20. The number of imidazole rings is 1. The van der Waals surface area contributed by atoms with E-state index in [1.54, 1.807) is 18.4 Å². The molecule has 6 nitrogen and oxygen atoms in total. The number of aryl methyl sites for hydroxylation is 1. The number of nitrogens with zero attached hydrogens (tertiary/aromatic N) is 2. The first kappa shape index (κ1) is 15.6. The lowest BCUT2D eigenvalue weighted by Gasteiger charge is -2.27. The van der Waals surface area contributed by atoms with Gasteiger partial charge in [-0.1, -0.05) is 0 Å². The zero-order valence-corrected chi connectivity index (χ0v) is 12.2. The van der Waals surface area contributed by atoms with E-state index in [1.165, 1.54) is 0 Å². The van der Waals surface area contributed by atoms with E-state index in [2.05, 4.69) is 9.72 Å². The van der Waals surface area contributed by atoms with Crippen LogP contribution in [0.4, 0.5) is 4.39 Å². The Morgan fingerprint density at radius 1 is 1.67 bits per heavy atom. The Morgan fingerprint density at radius 2 is 2.38 bits per heavy atom. The number of carbonyl (C=O) groups is 2. The van der Waals surface area contributed by atoms with E-state index in [1.807, 2.05) is 0 Å². The van der Waals surface area contributed by atoms with Gasteiger partial charge in [-0.05, 0) is 20.3 Å². The van der Waals surface area contributed by atoms with Gasteiger partial charge in [0.05, 0.1) is 24.9 Å². The molecule has 0 amide bonds. The fourth-order valence-corrected chi connectivity index (χ4v) is 2.30. The van der Waals surface area contributed by atoms with Crippen molar-refractivity contribution in [2.45, 2.75) is 45.5 Å². The number of ether oxygens (including phenoxy) is 2. The van der Waals surface area contributed by atoms with Crippen LogP contribution >= 0.6 is 0 Å². The molecule has 0 bridgehead atoms. The second-order valence-electron chi connectivity index (χ2n) is 4.94. The summed E-state index contributed by atoms with van der Waals surface area (Å²) >= 11 is 0. The Balaban J connectivity index is 2.18. The zero-order valence-electron chi connectivity index (χ0n) is 12.2. The monoisotopic (exact) mass is 298 g/mol. The fourth-order valence-electron chi connectivity index (χ4n) is 2.30. The molecule has 1 aliphatic heterocycles. The van der Waals surface area contributed by atoms with Crippen molar-refractivity contribution < 1.29 is 23.5 Å². The number of hydrogen-bond acceptors (Lipinski definition) is 5. The summed E-state index contributed by atoms with van der Waals surface area (Å²) in [5, 5.41) is 0. The van der Waals surface area contributed by atoms with E-state index in [-0.39, 0.29) is 25.0 Å². The summed E-state index contributed by atoms with van der Waals surface area (Å²) in [7, 11) is 0. The normalized spacial score (nSPS) is 18.9. The molecule has 1 aliphatic rings. The highest BCUT2D eigenvalue weighted by Gasteiger charge is 2.27. The highest BCUT2D eigenvalue weighted by atomic mass is 19.1. The number of esters is 1. The summed E-state index contributed by atoms with van der Waals surface area (Å²) in [6, 6.07) is 0. The van der Waals surface area contributed by atoms with Gasteiger partial charge >= 0.3 is 5.97 Å². The Kier molecular flexibility index (Phi) is 5.06. The molecule has 21 heavy (non-hydrogen) atoms. The molecule has 0 saturated carbocycles. The summed E-state index contributed by atoms with van der Waals surface area (Å²) < 4.78 is 25.6. The van der Waals surface area contributed by atoms with Crippen molar-refractivity contribution >= 4 is 12.3 Å². The van der Waals surface area contributed by atoms with Crippen molar-refractivity contribution in [1.29, 1.82) is 0 Å². The van der Waals surface area contributed by atoms with Gasteiger partial charge in [0.1, 0.15) is 0 Å². The lowest BCUT2D eigenvalue weighted by Crippen LogP contribution is -2.33. The van der Waals surface area contributed by atoms with Crippen LogP contribution in [0.2, 0.25) is 0 Å². The first-order valence-electron chi connectivity index (χ1n) is 7.00. The summed E-state index contributed by atoms with van der Waals surface area (Å²) in [6.45, 7) is 4.59. The lowest BCUT2D eigenvalue weighted by atomic mass is 10.1. The Morgan fingerprint density at radius 3 is 2.90 bits per heavy atom. The Bertz CT molecular complexity index is 525. The van der Waals surface area contributed by atoms with Crippen LogP contribution in [0, 0.1) is 6.92 Å². The molecular formula is C14H19FN2O4. The van der Waals surface area contributed by atoms with Crippen molar-refractivity contribution in [3.05, 3.63) is 17.2 Å². The first-order chi connectivity index (χ1) is 10.1. The third-order valence-electron chi connectivity index (χ3n) is 3.50. The number of carbonyl (C=O) groups excluding carboxylic acids is 2. The van der Waals surface area contributed by atoms with Gasteiger partial charge in [0.2, 0.25) is 6.17 Å². The molecule has 0 radical (unpaired) electrons. The van der Waals surface area contributed by atoms with Crippen LogP contribution in [0.15, 0.2) is 0 Å². The highest BCUT2D eigenvalue weighted by molar-refractivity contribution is 5.75. The predicted octanol–water partition coefficient (Wildman–Crippen LogP) is 1.24. The predicted molar refractivity (Wildman–Crippen MR) is 71.9 cm³/mol. The standard InChI is InChI=1S/C14H19FN2O4/c1-3-20-14(19)11(15)6-12-9(2)16-13(8-18)17(12)7-10-4-5-21-10/h8,10-11H,3-7H2,1-2H3. The summed E-state index contributed by atoms with van der Waals surface area (Å²) in [6.07, 6.45) is -0.380. The quantitative estimate of drug-likeness (QED) is 0.559. The van der Waals surface area contributed by atoms with Crippen molar-refractivity contribution in [1.82, 2.24) is 9.55 Å². The van der Waals surface area contributed by atoms with Crippen LogP contribution < -0.4 is 0 Å². The van der Waals surface area contributed by atoms with E-state index in [0.717, 1.165) is 6.42 Å². The molecule has 0 aromatic carbocycles. The van der Waals surface area contributed by atoms with Crippen LogP contribution in [0.25, 0.3) is 0 Å². The van der Waals surface area contributed by atoms with E-state index >= 15 is 0 Å². The molecule has 1 aromatic rings. The average molecular weight is 298 g/mol. The van der Waals surface area contributed by atoms with Crippen molar-refractivity contribution in [3.8, 4) is 0 Å². The molecule has 2 unspecified atom stereocenters. The van der Waals surface area contributed by atoms with Gasteiger partial charge in [-0.25, -0.2) is 14.2 Å². The molecule has 2 rings (SSSR count). The molecule has 0 spiro atoms. The number of aromatic nitrogens is 2. The van der Waals surface area contributed by atoms with Crippen LogP contribution in [0.3, 0.4) is 0 Å². The van der Waals surface area contributed by atoms with Gasteiger partial charge in [-0.15, -0.1) is 0 Å².